The fourth-order valence-corrected chi connectivity index (χ4v) is 12.0. The fourth-order valence-electron chi connectivity index (χ4n) is 12.0. The molecule has 0 radical (unpaired) electrons. The van der Waals surface area contributed by atoms with Crippen molar-refractivity contribution in [3.05, 3.63) is 301 Å². The Morgan fingerprint density at radius 2 is 0.664 bits per heavy atom. The highest BCUT2D eigenvalue weighted by Gasteiger charge is 2.26. The van der Waals surface area contributed by atoms with Gasteiger partial charge in [-0.15, -0.1) is 0 Å². The summed E-state index contributed by atoms with van der Waals surface area (Å²) in [6.07, 6.45) is 7.92. The molecule has 9 aromatic heterocycles. The number of pyridine rings is 4. The van der Waals surface area contributed by atoms with Gasteiger partial charge in [0.15, 0.2) is 23.3 Å². The SMILES string of the molecule is CC(C)(C)c1cc(NC(=O)Nc2ccc(NC(=O)c3ccc4cnccc4n3)cc2)no1.CC(C)(C)c1cc(NC(=O)Nc2ccc(NC(=O)c3cnc4ccccc4c3)cc2)no1.CC(C)(C)c1cc(NC(=O)Nc2ccc(NC(=O)c3cnnc4ccccc34)cc2)no1.CC(C)(C)c1cc(NC(=O)Nc2ccc(NC(=O)c3nccc4ccccc34)cc2)no1. The molecule has 0 bridgehead atoms. The summed E-state index contributed by atoms with van der Waals surface area (Å²) in [5, 5.41) is 60.2. The highest BCUT2D eigenvalue weighted by molar-refractivity contribution is 6.13. The van der Waals surface area contributed by atoms with Crippen molar-refractivity contribution >= 4 is 160 Å². The molecule has 0 aliphatic carbocycles. The molecule has 648 valence electrons. The number of hydrogen-bond acceptors (Lipinski definition) is 22. The van der Waals surface area contributed by atoms with E-state index < -0.39 is 24.1 Å². The van der Waals surface area contributed by atoms with Gasteiger partial charge in [-0.25, -0.2) is 24.2 Å². The summed E-state index contributed by atoms with van der Waals surface area (Å²) in [6.45, 7) is 23.9. The third-order valence-corrected chi connectivity index (χ3v) is 18.8. The lowest BCUT2D eigenvalue weighted by atomic mass is 9.93. The number of para-hydroxylation sites is 1. The number of nitrogens with one attached hydrogen (secondary N) is 12. The van der Waals surface area contributed by atoms with E-state index in [-0.39, 0.29) is 45.3 Å². The molecule has 0 fully saturated rings. The van der Waals surface area contributed by atoms with E-state index in [9.17, 15) is 38.4 Å². The second kappa shape index (κ2) is 39.1. The first-order chi connectivity index (χ1) is 61.1. The molecule has 16 rings (SSSR count). The number of urea groups is 4. The van der Waals surface area contributed by atoms with Crippen LogP contribution in [0.4, 0.5) is 87.9 Å². The Morgan fingerprint density at radius 3 is 1.09 bits per heavy atom. The lowest BCUT2D eigenvalue weighted by Gasteiger charge is -2.12. The van der Waals surface area contributed by atoms with E-state index in [1.807, 2.05) is 156 Å². The molecule has 128 heavy (non-hydrogen) atoms. The zero-order chi connectivity index (χ0) is 90.9. The molecule has 0 spiro atoms. The van der Waals surface area contributed by atoms with Crippen molar-refractivity contribution in [3.63, 3.8) is 0 Å². The first-order valence-corrected chi connectivity index (χ1v) is 40.1. The van der Waals surface area contributed by atoms with Gasteiger partial charge in [0.1, 0.15) is 34.4 Å². The maximum atomic E-state index is 12.7. The Balaban J connectivity index is 0.000000146. The van der Waals surface area contributed by atoms with Gasteiger partial charge in [0.05, 0.1) is 33.9 Å². The maximum Gasteiger partial charge on any atom is 0.324 e. The first kappa shape index (κ1) is 88.8. The zero-order valence-corrected chi connectivity index (χ0v) is 71.6. The van der Waals surface area contributed by atoms with Gasteiger partial charge in [-0.2, -0.15) is 10.2 Å². The molecular formula is C94H90N22O12. The van der Waals surface area contributed by atoms with Crippen LogP contribution in [0.5, 0.6) is 0 Å². The van der Waals surface area contributed by atoms with Gasteiger partial charge in [0.2, 0.25) is 0 Å². The van der Waals surface area contributed by atoms with Crippen molar-refractivity contribution < 1.29 is 56.4 Å². The van der Waals surface area contributed by atoms with E-state index in [0.29, 0.717) is 125 Å². The van der Waals surface area contributed by atoms with E-state index in [0.717, 1.165) is 32.4 Å². The molecule has 16 aromatic rings. The molecule has 34 heteroatoms. The highest BCUT2D eigenvalue weighted by atomic mass is 16.5. The van der Waals surface area contributed by atoms with Crippen molar-refractivity contribution in [2.45, 2.75) is 105 Å². The van der Waals surface area contributed by atoms with Crippen LogP contribution >= 0.6 is 0 Å². The fraction of sp³-hybridized carbons (Fsp3) is 0.170. The quantitative estimate of drug-likeness (QED) is 0.0427. The molecule has 12 N–H and O–H groups in total. The van der Waals surface area contributed by atoms with Gasteiger partial charge in [-0.05, 0) is 145 Å². The largest absolute Gasteiger partial charge is 0.359 e. The standard InChI is InChI=1S/2C24H23N5O3.2C23H22N6O3/c1-24(2,3)20-13-21(29-32-20)28-23(31)27-18-10-8-17(9-11-18)26-22(30)16-12-15-6-4-5-7-19(15)25-14-16;1-24(2,3)19-14-20(29-32-19)28-23(31)27-17-10-8-16(9-11-17)26-22(30)21-18-7-5-4-6-15(18)12-13-25-21;1-23(2,3)19-12-20(29-32-19)28-22(31)26-16-7-5-15(6-8-16)25-21(30)18-9-4-14-13-24-11-10-17(14)27-18;1-23(2,3)19-12-20(29-32-19)27-22(31)26-15-10-8-14(9-11-15)25-21(30)17-13-24-28-18-7-5-4-6-16(17)18/h2*4-14H,1-3H3,(H,26,30)(H2,27,28,29,31);4-13H,1-3H3,(H,25,30)(H2,26,28,29,31);4-13H,1-3H3,(H,25,30)(H2,26,27,29,31). The molecule has 0 atom stereocenters. The third-order valence-electron chi connectivity index (χ3n) is 18.8. The molecule has 0 aliphatic heterocycles. The first-order valence-electron chi connectivity index (χ1n) is 40.1. The van der Waals surface area contributed by atoms with Gasteiger partial charge in [-0.3, -0.25) is 55.4 Å². The Morgan fingerprint density at radius 1 is 0.289 bits per heavy atom. The average Bonchev–Trinajstić information content (AvgIpc) is 0.896. The number of carbonyl (C=O) groups excluding carboxylic acids is 8. The van der Waals surface area contributed by atoms with Gasteiger partial charge in [-0.1, -0.05) is 164 Å². The lowest BCUT2D eigenvalue weighted by molar-refractivity contribution is 0.101. The van der Waals surface area contributed by atoms with Crippen LogP contribution in [0.15, 0.2) is 274 Å². The second-order valence-corrected chi connectivity index (χ2v) is 33.1. The number of rotatable bonds is 16. The van der Waals surface area contributed by atoms with Crippen molar-refractivity contribution in [1.82, 2.24) is 50.8 Å². The monoisotopic (exact) mass is 1720 g/mol. The summed E-state index contributed by atoms with van der Waals surface area (Å²) in [4.78, 5) is 116. The summed E-state index contributed by atoms with van der Waals surface area (Å²) < 4.78 is 21.0. The number of amides is 12. The third kappa shape index (κ3) is 24.3. The predicted molar refractivity (Wildman–Crippen MR) is 492 cm³/mol. The van der Waals surface area contributed by atoms with Crippen LogP contribution in [0.3, 0.4) is 0 Å². The molecule has 0 aliphatic rings. The van der Waals surface area contributed by atoms with Crippen LogP contribution in [-0.2, 0) is 21.7 Å². The van der Waals surface area contributed by atoms with Gasteiger partial charge in [0, 0.05) is 138 Å². The average molecular weight is 1720 g/mol. The van der Waals surface area contributed by atoms with Crippen molar-refractivity contribution in [2.75, 3.05) is 63.8 Å². The number of benzene rings is 7. The molecule has 0 unspecified atom stereocenters. The highest BCUT2D eigenvalue weighted by Crippen LogP contribution is 2.31. The minimum Gasteiger partial charge on any atom is -0.359 e. The molecular weight excluding hydrogens is 1630 g/mol. The Kier molecular flexibility index (Phi) is 27.1. The number of nitrogens with zero attached hydrogens (tertiary/aromatic N) is 10. The number of carbonyl (C=O) groups is 8. The second-order valence-electron chi connectivity index (χ2n) is 33.1. The normalized spacial score (nSPS) is 11.2. The minimum atomic E-state index is -0.454. The van der Waals surface area contributed by atoms with E-state index >= 15 is 0 Å². The number of fused-ring (bicyclic) bond motifs is 4. The van der Waals surface area contributed by atoms with Gasteiger partial charge in [0.25, 0.3) is 23.6 Å². The van der Waals surface area contributed by atoms with Crippen molar-refractivity contribution in [2.24, 2.45) is 0 Å². The summed E-state index contributed by atoms with van der Waals surface area (Å²) >= 11 is 0. The number of hydrogen-bond donors (Lipinski definition) is 12. The molecule has 12 amide bonds. The summed E-state index contributed by atoms with van der Waals surface area (Å²) in [7, 11) is 0. The smallest absolute Gasteiger partial charge is 0.324 e. The Labute approximate surface area is 733 Å². The predicted octanol–water partition coefficient (Wildman–Crippen LogP) is 20.5. The Hall–Kier alpha value is -16.9. The maximum absolute atomic E-state index is 12.7. The zero-order valence-electron chi connectivity index (χ0n) is 71.6. The summed E-state index contributed by atoms with van der Waals surface area (Å²) in [5.74, 6) is 2.82. The lowest BCUT2D eigenvalue weighted by Crippen LogP contribution is -2.19. The summed E-state index contributed by atoms with van der Waals surface area (Å²) in [5.41, 5.74) is 7.46. The van der Waals surface area contributed by atoms with Crippen molar-refractivity contribution in [3.8, 4) is 0 Å². The van der Waals surface area contributed by atoms with E-state index in [2.05, 4.69) is 115 Å². The molecule has 9 heterocycles. The van der Waals surface area contributed by atoms with E-state index in [1.54, 1.807) is 176 Å². The van der Waals surface area contributed by atoms with Crippen LogP contribution in [0.1, 0.15) is 148 Å². The minimum absolute atomic E-state index is 0.202. The Bertz CT molecular complexity index is 6280. The summed E-state index contributed by atoms with van der Waals surface area (Å²) in [6, 6.07) is 63.4. The van der Waals surface area contributed by atoms with Gasteiger partial charge >= 0.3 is 24.1 Å². The van der Waals surface area contributed by atoms with Gasteiger partial charge < -0.3 is 60.6 Å². The van der Waals surface area contributed by atoms with Crippen LogP contribution in [-0.4, -0.2) is 98.5 Å². The number of anilines is 12. The van der Waals surface area contributed by atoms with Crippen LogP contribution < -0.4 is 63.8 Å². The van der Waals surface area contributed by atoms with E-state index in [1.165, 1.54) is 6.20 Å². The topological polar surface area (TPSA) is 462 Å². The molecule has 7 aromatic carbocycles. The van der Waals surface area contributed by atoms with Crippen LogP contribution in [0.25, 0.3) is 43.5 Å². The van der Waals surface area contributed by atoms with Crippen LogP contribution in [0.2, 0.25) is 0 Å². The molecule has 0 saturated heterocycles. The molecule has 34 nitrogen and oxygen atoms in total. The van der Waals surface area contributed by atoms with Crippen LogP contribution in [0, 0.1) is 0 Å². The van der Waals surface area contributed by atoms with Crippen molar-refractivity contribution in [1.29, 1.82) is 0 Å². The molecule has 0 saturated carbocycles. The number of aromatic nitrogens is 10. The van der Waals surface area contributed by atoms with E-state index in [4.69, 9.17) is 18.1 Å².